The van der Waals surface area contributed by atoms with Crippen LogP contribution in [0.15, 0.2) is 18.2 Å². The first-order valence-corrected chi connectivity index (χ1v) is 5.96. The molecule has 0 aliphatic rings. The number of primary amides is 1. The average Bonchev–Trinajstić information content (AvgIpc) is 2.16. The maximum absolute atomic E-state index is 10.9. The molecule has 0 aromatic heterocycles. The Kier molecular flexibility index (Phi) is 3.93. The average molecular weight is 307 g/mol. The molecule has 0 saturated heterocycles. The molecule has 0 spiro atoms. The number of hydrogen-bond acceptors (Lipinski definition) is 1. The van der Waals surface area contributed by atoms with Crippen molar-refractivity contribution in [2.75, 3.05) is 0 Å². The van der Waals surface area contributed by atoms with Crippen LogP contribution in [0.4, 0.5) is 0 Å². The van der Waals surface area contributed by atoms with Gasteiger partial charge in [-0.2, -0.15) is 0 Å². The lowest BCUT2D eigenvalue weighted by atomic mass is 10.1. The SMILES string of the molecule is NC(=O)c1cc(CBr)cc(CBr)c1. The van der Waals surface area contributed by atoms with Crippen molar-refractivity contribution in [2.45, 2.75) is 10.7 Å². The van der Waals surface area contributed by atoms with Gasteiger partial charge in [0.1, 0.15) is 0 Å². The van der Waals surface area contributed by atoms with E-state index in [1.807, 2.05) is 6.07 Å². The van der Waals surface area contributed by atoms with E-state index in [1.165, 1.54) is 0 Å². The Hall–Kier alpha value is -0.350. The first-order valence-electron chi connectivity index (χ1n) is 3.72. The summed E-state index contributed by atoms with van der Waals surface area (Å²) in [6.45, 7) is 0. The molecule has 0 radical (unpaired) electrons. The van der Waals surface area contributed by atoms with Crippen LogP contribution in [-0.4, -0.2) is 5.91 Å². The summed E-state index contributed by atoms with van der Waals surface area (Å²) in [5.41, 5.74) is 7.87. The zero-order valence-electron chi connectivity index (χ0n) is 6.89. The van der Waals surface area contributed by atoms with Gasteiger partial charge in [-0.05, 0) is 23.3 Å². The summed E-state index contributed by atoms with van der Waals surface area (Å²) in [5.74, 6) is -0.384. The highest BCUT2D eigenvalue weighted by molar-refractivity contribution is 9.08. The van der Waals surface area contributed by atoms with E-state index in [9.17, 15) is 4.79 Å². The number of rotatable bonds is 3. The van der Waals surface area contributed by atoms with Gasteiger partial charge >= 0.3 is 0 Å². The number of hydrogen-bond donors (Lipinski definition) is 1. The summed E-state index contributed by atoms with van der Waals surface area (Å²) in [6.07, 6.45) is 0. The van der Waals surface area contributed by atoms with Gasteiger partial charge in [-0.15, -0.1) is 0 Å². The lowest BCUT2D eigenvalue weighted by Crippen LogP contribution is -2.11. The molecule has 0 bridgehead atoms. The fourth-order valence-electron chi connectivity index (χ4n) is 1.06. The largest absolute Gasteiger partial charge is 0.366 e. The van der Waals surface area contributed by atoms with Crippen molar-refractivity contribution in [3.63, 3.8) is 0 Å². The van der Waals surface area contributed by atoms with Gasteiger partial charge in [0.25, 0.3) is 0 Å². The summed E-state index contributed by atoms with van der Waals surface area (Å²) in [6, 6.07) is 5.61. The Morgan fingerprint density at radius 3 is 1.92 bits per heavy atom. The van der Waals surface area contributed by atoms with E-state index in [2.05, 4.69) is 31.9 Å². The minimum absolute atomic E-state index is 0.384. The molecule has 1 aromatic carbocycles. The van der Waals surface area contributed by atoms with Crippen molar-refractivity contribution in [2.24, 2.45) is 5.73 Å². The van der Waals surface area contributed by atoms with Crippen LogP contribution in [0.3, 0.4) is 0 Å². The summed E-state index contributed by atoms with van der Waals surface area (Å²) in [4.78, 5) is 10.9. The molecule has 2 nitrogen and oxygen atoms in total. The van der Waals surface area contributed by atoms with Gasteiger partial charge in [0, 0.05) is 16.2 Å². The van der Waals surface area contributed by atoms with Crippen molar-refractivity contribution in [3.8, 4) is 0 Å². The van der Waals surface area contributed by atoms with Crippen LogP contribution in [0.2, 0.25) is 0 Å². The van der Waals surface area contributed by atoms with Gasteiger partial charge in [-0.25, -0.2) is 0 Å². The van der Waals surface area contributed by atoms with E-state index in [-0.39, 0.29) is 5.91 Å². The van der Waals surface area contributed by atoms with Crippen LogP contribution < -0.4 is 5.73 Å². The molecule has 0 aliphatic carbocycles. The third kappa shape index (κ3) is 2.81. The standard InChI is InChI=1S/C9H9Br2NO/c10-4-6-1-7(5-11)3-8(2-6)9(12)13/h1-3H,4-5H2,(H2,12,13). The Balaban J connectivity index is 3.14. The molecule has 1 rings (SSSR count). The minimum Gasteiger partial charge on any atom is -0.366 e. The molecule has 0 aliphatic heterocycles. The second-order valence-electron chi connectivity index (χ2n) is 2.67. The van der Waals surface area contributed by atoms with Crippen LogP contribution in [0, 0.1) is 0 Å². The van der Waals surface area contributed by atoms with Crippen LogP contribution in [0.5, 0.6) is 0 Å². The zero-order chi connectivity index (χ0) is 9.84. The predicted octanol–water partition coefficient (Wildman–Crippen LogP) is 2.58. The zero-order valence-corrected chi connectivity index (χ0v) is 10.1. The third-order valence-corrected chi connectivity index (χ3v) is 2.94. The number of benzene rings is 1. The molecule has 1 amide bonds. The van der Waals surface area contributed by atoms with E-state index in [0.29, 0.717) is 5.56 Å². The molecule has 0 atom stereocenters. The minimum atomic E-state index is -0.384. The molecule has 13 heavy (non-hydrogen) atoms. The Labute approximate surface area is 93.8 Å². The summed E-state index contributed by atoms with van der Waals surface area (Å²) in [7, 11) is 0. The molecule has 0 saturated carbocycles. The van der Waals surface area contributed by atoms with Crippen molar-refractivity contribution in [1.82, 2.24) is 0 Å². The van der Waals surface area contributed by atoms with Crippen molar-refractivity contribution < 1.29 is 4.79 Å². The van der Waals surface area contributed by atoms with Crippen LogP contribution >= 0.6 is 31.9 Å². The van der Waals surface area contributed by atoms with Crippen molar-refractivity contribution in [1.29, 1.82) is 0 Å². The number of carbonyl (C=O) groups excluding carboxylic acids is 1. The molecule has 1 aromatic rings. The molecule has 70 valence electrons. The van der Waals surface area contributed by atoms with Gasteiger partial charge in [0.2, 0.25) is 5.91 Å². The third-order valence-electron chi connectivity index (χ3n) is 1.65. The molecule has 0 fully saturated rings. The normalized spacial score (nSPS) is 10.0. The van der Waals surface area contributed by atoms with Crippen LogP contribution in [0.1, 0.15) is 21.5 Å². The molecular weight excluding hydrogens is 298 g/mol. The lowest BCUT2D eigenvalue weighted by Gasteiger charge is -2.03. The highest BCUT2D eigenvalue weighted by atomic mass is 79.9. The highest BCUT2D eigenvalue weighted by Gasteiger charge is 2.03. The number of nitrogens with two attached hydrogens (primary N) is 1. The number of amides is 1. The molecule has 0 heterocycles. The first-order chi connectivity index (χ1) is 6.17. The number of alkyl halides is 2. The number of halogens is 2. The van der Waals surface area contributed by atoms with Gasteiger partial charge in [0.15, 0.2) is 0 Å². The Bertz CT molecular complexity index is 303. The topological polar surface area (TPSA) is 43.1 Å². The first kappa shape index (κ1) is 10.7. The molecule has 2 N–H and O–H groups in total. The molecule has 0 unspecified atom stereocenters. The van der Waals surface area contributed by atoms with Gasteiger partial charge in [-0.1, -0.05) is 37.9 Å². The van der Waals surface area contributed by atoms with E-state index in [4.69, 9.17) is 5.73 Å². The fraction of sp³-hybridized carbons (Fsp3) is 0.222. The van der Waals surface area contributed by atoms with E-state index >= 15 is 0 Å². The van der Waals surface area contributed by atoms with E-state index in [1.54, 1.807) is 12.1 Å². The Morgan fingerprint density at radius 1 is 1.15 bits per heavy atom. The Morgan fingerprint density at radius 2 is 1.62 bits per heavy atom. The highest BCUT2D eigenvalue weighted by Crippen LogP contribution is 2.15. The smallest absolute Gasteiger partial charge is 0.248 e. The number of carbonyl (C=O) groups is 1. The second kappa shape index (κ2) is 4.77. The second-order valence-corrected chi connectivity index (χ2v) is 3.79. The lowest BCUT2D eigenvalue weighted by molar-refractivity contribution is 0.1000. The van der Waals surface area contributed by atoms with Gasteiger partial charge in [-0.3, -0.25) is 4.79 Å². The maximum atomic E-state index is 10.9. The van der Waals surface area contributed by atoms with Crippen LogP contribution in [0.25, 0.3) is 0 Å². The van der Waals surface area contributed by atoms with E-state index in [0.717, 1.165) is 21.8 Å². The summed E-state index contributed by atoms with van der Waals surface area (Å²) >= 11 is 6.67. The van der Waals surface area contributed by atoms with Crippen molar-refractivity contribution in [3.05, 3.63) is 34.9 Å². The monoisotopic (exact) mass is 305 g/mol. The fourth-order valence-corrected chi connectivity index (χ4v) is 1.71. The van der Waals surface area contributed by atoms with Crippen molar-refractivity contribution >= 4 is 37.8 Å². The molecular formula is C9H9Br2NO. The summed E-state index contributed by atoms with van der Waals surface area (Å²) < 4.78 is 0. The molecule has 4 heteroatoms. The predicted molar refractivity (Wildman–Crippen MR) is 60.2 cm³/mol. The summed E-state index contributed by atoms with van der Waals surface area (Å²) in [5, 5.41) is 1.46. The van der Waals surface area contributed by atoms with Crippen LogP contribution in [-0.2, 0) is 10.7 Å². The van der Waals surface area contributed by atoms with Gasteiger partial charge in [0.05, 0.1) is 0 Å². The van der Waals surface area contributed by atoms with E-state index < -0.39 is 0 Å². The van der Waals surface area contributed by atoms with Gasteiger partial charge < -0.3 is 5.73 Å². The quantitative estimate of drug-likeness (QED) is 0.857. The maximum Gasteiger partial charge on any atom is 0.248 e.